The smallest absolute Gasteiger partial charge is 0.258 e. The Morgan fingerprint density at radius 3 is 2.45 bits per heavy atom. The van der Waals surface area contributed by atoms with Crippen LogP contribution >= 0.6 is 0 Å². The Hall–Kier alpha value is -3.10. The Kier molecular flexibility index (Phi) is 6.58. The van der Waals surface area contributed by atoms with Gasteiger partial charge in [0.05, 0.1) is 11.0 Å². The van der Waals surface area contributed by atoms with E-state index in [9.17, 15) is 9.70 Å². The van der Waals surface area contributed by atoms with Crippen molar-refractivity contribution in [3.8, 4) is 0 Å². The molecular weight excluding hydrogens is 416 g/mol. The molecular formula is C25H33N6O2+. The number of rotatable bonds is 6. The van der Waals surface area contributed by atoms with E-state index in [0.29, 0.717) is 17.2 Å². The Morgan fingerprint density at radius 2 is 1.76 bits per heavy atom. The lowest BCUT2D eigenvalue weighted by molar-refractivity contribution is -0.428. The molecule has 1 aliphatic heterocycles. The third-order valence-electron chi connectivity index (χ3n) is 6.31. The van der Waals surface area contributed by atoms with E-state index in [1.165, 1.54) is 7.05 Å². The van der Waals surface area contributed by atoms with Gasteiger partial charge >= 0.3 is 0 Å². The van der Waals surface area contributed by atoms with Gasteiger partial charge in [0, 0.05) is 72.2 Å². The number of fused-ring (bicyclic) bond motifs is 1. The molecule has 1 aromatic heterocycles. The number of amides is 1. The number of nitrogens with one attached hydrogen (secondary N) is 1. The van der Waals surface area contributed by atoms with Crippen molar-refractivity contribution in [2.45, 2.75) is 32.9 Å². The van der Waals surface area contributed by atoms with Gasteiger partial charge < -0.3 is 4.57 Å². The van der Waals surface area contributed by atoms with Crippen molar-refractivity contribution in [1.82, 2.24) is 19.4 Å². The Morgan fingerprint density at radius 1 is 1.03 bits per heavy atom. The largest absolute Gasteiger partial charge is 0.309 e. The van der Waals surface area contributed by atoms with Crippen molar-refractivity contribution in [3.63, 3.8) is 0 Å². The van der Waals surface area contributed by atoms with Gasteiger partial charge in [-0.2, -0.15) is 0 Å². The predicted octanol–water partition coefficient (Wildman–Crippen LogP) is 3.74. The highest BCUT2D eigenvalue weighted by Gasteiger charge is 2.26. The maximum Gasteiger partial charge on any atom is 0.258 e. The normalized spacial score (nSPS) is 15.6. The first-order valence-electron chi connectivity index (χ1n) is 11.5. The van der Waals surface area contributed by atoms with Crippen molar-refractivity contribution >= 4 is 28.6 Å². The first kappa shape index (κ1) is 23.1. The van der Waals surface area contributed by atoms with Gasteiger partial charge in [-0.1, -0.05) is 18.2 Å². The van der Waals surface area contributed by atoms with Crippen molar-refractivity contribution < 1.29 is 9.55 Å². The number of para-hydroxylation sites is 2. The van der Waals surface area contributed by atoms with Crippen LogP contribution in [0.4, 0.5) is 11.6 Å². The molecule has 0 unspecified atom stereocenters. The van der Waals surface area contributed by atoms with E-state index in [4.69, 9.17) is 0 Å². The van der Waals surface area contributed by atoms with E-state index in [-0.39, 0.29) is 11.4 Å². The zero-order chi connectivity index (χ0) is 23.6. The molecule has 2 aromatic carbocycles. The third-order valence-corrected chi connectivity index (χ3v) is 6.31. The number of hydrogen-bond donors (Lipinski definition) is 1. The first-order chi connectivity index (χ1) is 15.7. The van der Waals surface area contributed by atoms with E-state index < -0.39 is 0 Å². The van der Waals surface area contributed by atoms with Gasteiger partial charge in [0.2, 0.25) is 5.95 Å². The Labute approximate surface area is 194 Å². The summed E-state index contributed by atoms with van der Waals surface area (Å²) in [5.74, 6) is 0.240. The monoisotopic (exact) mass is 449 g/mol. The van der Waals surface area contributed by atoms with E-state index >= 15 is 0 Å². The minimum Gasteiger partial charge on any atom is -0.309 e. The lowest BCUT2D eigenvalue weighted by Gasteiger charge is -2.42. The Bertz CT molecular complexity index is 1160. The molecule has 1 saturated heterocycles. The maximum absolute atomic E-state index is 13.0. The second-order valence-electron chi connectivity index (χ2n) is 9.58. The maximum atomic E-state index is 13.0. The summed E-state index contributed by atoms with van der Waals surface area (Å²) in [5, 5.41) is 2.96. The molecule has 1 amide bonds. The quantitative estimate of drug-likeness (QED) is 0.581. The molecule has 0 saturated carbocycles. The standard InChI is InChI=1S/C25H32N6O2/c1-25(2,3)30-15-12-29(13-16-30)14-17-31-22-11-6-5-10-21(22)26-24(31)27-23(32)19-8-7-9-20(18-19)28(4)33/h5-11,18H,12-17H2,1-4H3/p+1. The molecule has 1 fully saturated rings. The van der Waals surface area contributed by atoms with Gasteiger partial charge in [-0.25, -0.2) is 4.98 Å². The third kappa shape index (κ3) is 5.29. The minimum atomic E-state index is -0.283. The van der Waals surface area contributed by atoms with Gasteiger partial charge in [-0.15, -0.1) is 0 Å². The highest BCUT2D eigenvalue weighted by Crippen LogP contribution is 2.22. The topological polar surface area (TPSA) is 73.5 Å². The van der Waals surface area contributed by atoms with Crippen LogP contribution in [0.1, 0.15) is 31.1 Å². The summed E-state index contributed by atoms with van der Waals surface area (Å²) in [5.41, 5.74) is 2.90. The van der Waals surface area contributed by atoms with Crippen LogP contribution in [-0.2, 0) is 6.54 Å². The minimum absolute atomic E-state index is 0.197. The molecule has 0 aliphatic carbocycles. The van der Waals surface area contributed by atoms with E-state index in [0.717, 1.165) is 55.1 Å². The summed E-state index contributed by atoms with van der Waals surface area (Å²) in [4.78, 5) is 34.2. The number of carbonyl (C=O) groups excluding carboxylic acids is 1. The fraction of sp³-hybridized carbons (Fsp3) is 0.440. The van der Waals surface area contributed by atoms with Crippen LogP contribution < -0.4 is 5.32 Å². The molecule has 0 atom stereocenters. The Balaban J connectivity index is 1.50. The average molecular weight is 450 g/mol. The number of nitroso groups, excluding NO2 is 1. The number of nitrogens with zero attached hydrogens (tertiary/aromatic N) is 5. The van der Waals surface area contributed by atoms with Crippen LogP contribution in [0.15, 0.2) is 48.5 Å². The molecule has 1 aliphatic rings. The molecule has 0 spiro atoms. The van der Waals surface area contributed by atoms with Crippen LogP contribution in [0.5, 0.6) is 0 Å². The summed E-state index contributed by atoms with van der Waals surface area (Å²) in [6.07, 6.45) is 0. The SMILES string of the molecule is C[N+](=O)c1cccc(C(=O)Nc2nc3ccccc3n2CCN2CCN(C(C)(C)C)CC2)c1. The lowest BCUT2D eigenvalue weighted by atomic mass is 10.1. The highest BCUT2D eigenvalue weighted by molar-refractivity contribution is 6.04. The van der Waals surface area contributed by atoms with Crippen LogP contribution in [0.3, 0.4) is 0 Å². The van der Waals surface area contributed by atoms with Crippen LogP contribution in [0.25, 0.3) is 11.0 Å². The van der Waals surface area contributed by atoms with E-state index in [1.54, 1.807) is 24.3 Å². The van der Waals surface area contributed by atoms with Crippen molar-refractivity contribution in [2.75, 3.05) is 45.1 Å². The fourth-order valence-corrected chi connectivity index (χ4v) is 4.30. The van der Waals surface area contributed by atoms with Gasteiger partial charge in [0.15, 0.2) is 7.05 Å². The molecule has 33 heavy (non-hydrogen) atoms. The number of hydrogen-bond acceptors (Lipinski definition) is 5. The van der Waals surface area contributed by atoms with Crippen LogP contribution in [0, 0.1) is 4.91 Å². The summed E-state index contributed by atoms with van der Waals surface area (Å²) in [6, 6.07) is 14.6. The van der Waals surface area contributed by atoms with Gasteiger partial charge in [-0.3, -0.25) is 19.9 Å². The first-order valence-corrected chi connectivity index (χ1v) is 11.5. The van der Waals surface area contributed by atoms with Crippen molar-refractivity contribution in [3.05, 3.63) is 59.0 Å². The number of benzene rings is 2. The van der Waals surface area contributed by atoms with Crippen molar-refractivity contribution in [1.29, 1.82) is 0 Å². The van der Waals surface area contributed by atoms with Gasteiger partial charge in [0.25, 0.3) is 11.6 Å². The molecule has 174 valence electrons. The number of piperazine rings is 1. The summed E-state index contributed by atoms with van der Waals surface area (Å²) < 4.78 is 2.82. The fourth-order valence-electron chi connectivity index (χ4n) is 4.30. The van der Waals surface area contributed by atoms with Crippen molar-refractivity contribution in [2.24, 2.45) is 0 Å². The number of imidazole rings is 1. The van der Waals surface area contributed by atoms with Gasteiger partial charge in [0.1, 0.15) is 0 Å². The van der Waals surface area contributed by atoms with Crippen LogP contribution in [0.2, 0.25) is 0 Å². The molecule has 1 N–H and O–H groups in total. The molecule has 8 nitrogen and oxygen atoms in total. The lowest BCUT2D eigenvalue weighted by Crippen LogP contribution is -2.53. The molecule has 3 aromatic rings. The second kappa shape index (κ2) is 9.41. The zero-order valence-corrected chi connectivity index (χ0v) is 19.9. The molecule has 4 rings (SSSR count). The number of carbonyl (C=O) groups is 1. The second-order valence-corrected chi connectivity index (χ2v) is 9.58. The van der Waals surface area contributed by atoms with Crippen LogP contribution in [-0.4, -0.2) is 75.3 Å². The van der Waals surface area contributed by atoms with E-state index in [1.807, 2.05) is 24.3 Å². The summed E-state index contributed by atoms with van der Waals surface area (Å²) >= 11 is 0. The predicted molar refractivity (Wildman–Crippen MR) is 131 cm³/mol. The molecule has 2 heterocycles. The summed E-state index contributed by atoms with van der Waals surface area (Å²) in [7, 11) is 1.41. The average Bonchev–Trinajstić information content (AvgIpc) is 3.14. The molecule has 0 bridgehead atoms. The summed E-state index contributed by atoms with van der Waals surface area (Å²) in [6.45, 7) is 12.6. The molecule has 8 heteroatoms. The van der Waals surface area contributed by atoms with E-state index in [2.05, 4.69) is 45.4 Å². The zero-order valence-electron chi connectivity index (χ0n) is 19.9. The number of aromatic nitrogens is 2. The highest BCUT2D eigenvalue weighted by atomic mass is 16.3. The molecule has 0 radical (unpaired) electrons. The number of anilines is 1. The van der Waals surface area contributed by atoms with Gasteiger partial charge in [-0.05, 0) is 39.0 Å².